The van der Waals surface area contributed by atoms with Gasteiger partial charge in [0.1, 0.15) is 11.8 Å². The number of hydrogen-bond donors (Lipinski definition) is 1. The van der Waals surface area contributed by atoms with Gasteiger partial charge in [0.25, 0.3) is 0 Å². The Hall–Kier alpha value is -1.32. The third-order valence-electron chi connectivity index (χ3n) is 6.40. The summed E-state index contributed by atoms with van der Waals surface area (Å²) in [5.41, 5.74) is 2.66. The van der Waals surface area contributed by atoms with Crippen LogP contribution in [0.3, 0.4) is 0 Å². The summed E-state index contributed by atoms with van der Waals surface area (Å²) in [6, 6.07) is 7.61. The summed E-state index contributed by atoms with van der Waals surface area (Å²) in [6.07, 6.45) is 1.81. The Bertz CT molecular complexity index is 804. The van der Waals surface area contributed by atoms with Gasteiger partial charge in [0.2, 0.25) is 5.91 Å². The number of ether oxygens (including phenoxy) is 2. The molecular formula is C22H28N2O4S2. The maximum Gasteiger partial charge on any atom is 0.241 e. The van der Waals surface area contributed by atoms with E-state index in [1.165, 1.54) is 11.1 Å². The van der Waals surface area contributed by atoms with Gasteiger partial charge in [0.05, 0.1) is 17.8 Å². The van der Waals surface area contributed by atoms with Crippen LogP contribution in [0, 0.1) is 11.8 Å². The van der Waals surface area contributed by atoms with Crippen molar-refractivity contribution in [2.75, 3.05) is 32.4 Å². The predicted molar refractivity (Wildman–Crippen MR) is 121 cm³/mol. The normalized spacial score (nSPS) is 26.6. The van der Waals surface area contributed by atoms with Gasteiger partial charge in [0, 0.05) is 37.8 Å². The number of nitrogens with zero attached hydrogens (tertiary/aromatic N) is 1. The minimum absolute atomic E-state index is 0.0830. The van der Waals surface area contributed by atoms with Gasteiger partial charge in [-0.05, 0) is 29.9 Å². The van der Waals surface area contributed by atoms with Gasteiger partial charge < -0.3 is 19.7 Å². The number of amides is 1. The fourth-order valence-electron chi connectivity index (χ4n) is 4.92. The number of rotatable bonds is 7. The molecule has 0 saturated carbocycles. The molecule has 3 atom stereocenters. The molecule has 6 nitrogen and oxygen atoms in total. The lowest BCUT2D eigenvalue weighted by atomic mass is 9.87. The molecule has 1 aromatic rings. The van der Waals surface area contributed by atoms with E-state index in [0.29, 0.717) is 23.7 Å². The second-order valence-electron chi connectivity index (χ2n) is 8.23. The van der Waals surface area contributed by atoms with Crippen LogP contribution < -0.4 is 5.32 Å². The van der Waals surface area contributed by atoms with Crippen LogP contribution in [-0.2, 0) is 31.9 Å². The first-order valence-corrected chi connectivity index (χ1v) is 11.9. The first-order valence-electron chi connectivity index (χ1n) is 10.3. The molecule has 4 rings (SSSR count). The van der Waals surface area contributed by atoms with Crippen molar-refractivity contribution in [3.05, 3.63) is 35.4 Å². The van der Waals surface area contributed by atoms with Gasteiger partial charge in [-0.25, -0.2) is 0 Å². The molecule has 1 N–H and O–H groups in total. The Kier molecular flexibility index (Phi) is 6.89. The summed E-state index contributed by atoms with van der Waals surface area (Å²) in [6.45, 7) is 0.427. The predicted octanol–water partition coefficient (Wildman–Crippen LogP) is 1.84. The van der Waals surface area contributed by atoms with Crippen LogP contribution in [0.5, 0.6) is 0 Å². The van der Waals surface area contributed by atoms with E-state index in [9.17, 15) is 9.59 Å². The molecule has 2 fully saturated rings. The van der Waals surface area contributed by atoms with Gasteiger partial charge >= 0.3 is 0 Å². The van der Waals surface area contributed by atoms with E-state index in [0.717, 1.165) is 18.6 Å². The summed E-state index contributed by atoms with van der Waals surface area (Å²) >= 11 is 7.18. The van der Waals surface area contributed by atoms with Crippen molar-refractivity contribution in [2.45, 2.75) is 37.6 Å². The standard InChI is InChI=1S/C22H28N2O4S2/c1-27-22(28-2)16-11-30-12-24(16)21(26)20-19(18(29)10-23-20)17(25)9-13-7-14-5-3-4-6-15(14)8-13/h3-6,13,16,19-20,22-23H,7-12H2,1-2H3/t16-,19?,20-/m0/s1. The molecule has 1 aliphatic carbocycles. The molecule has 0 bridgehead atoms. The number of thiocarbonyl (C=S) groups is 1. The number of thioether (sulfide) groups is 1. The van der Waals surface area contributed by atoms with Crippen LogP contribution >= 0.6 is 24.0 Å². The third kappa shape index (κ3) is 4.21. The van der Waals surface area contributed by atoms with Gasteiger partial charge in [-0.1, -0.05) is 36.5 Å². The van der Waals surface area contributed by atoms with E-state index in [1.807, 2.05) is 12.1 Å². The minimum atomic E-state index is -0.593. The zero-order chi connectivity index (χ0) is 21.3. The second-order valence-corrected chi connectivity index (χ2v) is 9.76. The highest BCUT2D eigenvalue weighted by atomic mass is 32.2. The first-order chi connectivity index (χ1) is 14.5. The van der Waals surface area contributed by atoms with Crippen molar-refractivity contribution in [1.29, 1.82) is 0 Å². The Balaban J connectivity index is 1.44. The summed E-state index contributed by atoms with van der Waals surface area (Å²) < 4.78 is 10.8. The number of fused-ring (bicyclic) bond motifs is 1. The summed E-state index contributed by atoms with van der Waals surface area (Å²) in [5.74, 6) is 1.06. The molecule has 0 spiro atoms. The Morgan fingerprint density at radius 3 is 2.53 bits per heavy atom. The van der Waals surface area contributed by atoms with Crippen LogP contribution in [-0.4, -0.2) is 72.2 Å². The van der Waals surface area contributed by atoms with E-state index in [4.69, 9.17) is 21.7 Å². The van der Waals surface area contributed by atoms with Crippen molar-refractivity contribution in [3.8, 4) is 0 Å². The molecule has 8 heteroatoms. The third-order valence-corrected chi connectivity index (χ3v) is 7.83. The molecule has 1 amide bonds. The number of carbonyl (C=O) groups is 2. The number of carbonyl (C=O) groups excluding carboxylic acids is 2. The van der Waals surface area contributed by atoms with E-state index in [1.54, 1.807) is 30.9 Å². The van der Waals surface area contributed by atoms with Crippen molar-refractivity contribution in [3.63, 3.8) is 0 Å². The topological polar surface area (TPSA) is 67.9 Å². The summed E-state index contributed by atoms with van der Waals surface area (Å²) in [7, 11) is 3.16. The summed E-state index contributed by atoms with van der Waals surface area (Å²) in [5, 5.41) is 3.21. The molecule has 162 valence electrons. The lowest BCUT2D eigenvalue weighted by Crippen LogP contribution is -2.53. The molecule has 2 saturated heterocycles. The van der Waals surface area contributed by atoms with Crippen LogP contribution in [0.2, 0.25) is 0 Å². The van der Waals surface area contributed by atoms with Gasteiger partial charge in [-0.3, -0.25) is 9.59 Å². The monoisotopic (exact) mass is 448 g/mol. The lowest BCUT2D eigenvalue weighted by molar-refractivity contribution is -0.157. The Labute approximate surface area is 187 Å². The lowest BCUT2D eigenvalue weighted by Gasteiger charge is -2.32. The molecule has 2 heterocycles. The minimum Gasteiger partial charge on any atom is -0.354 e. The van der Waals surface area contributed by atoms with Crippen molar-refractivity contribution < 1.29 is 19.1 Å². The fourth-order valence-corrected chi connectivity index (χ4v) is 6.47. The number of hydrogen-bond acceptors (Lipinski definition) is 7. The highest BCUT2D eigenvalue weighted by Gasteiger charge is 2.46. The Morgan fingerprint density at radius 2 is 1.90 bits per heavy atom. The van der Waals surface area contributed by atoms with E-state index in [2.05, 4.69) is 17.4 Å². The van der Waals surface area contributed by atoms with Gasteiger partial charge in [0.15, 0.2) is 6.29 Å². The van der Waals surface area contributed by atoms with Crippen molar-refractivity contribution in [1.82, 2.24) is 10.2 Å². The maximum absolute atomic E-state index is 13.4. The molecule has 1 aromatic carbocycles. The largest absolute Gasteiger partial charge is 0.354 e. The number of nitrogens with one attached hydrogen (secondary N) is 1. The molecule has 30 heavy (non-hydrogen) atoms. The van der Waals surface area contributed by atoms with Crippen LogP contribution in [0.1, 0.15) is 17.5 Å². The quantitative estimate of drug-likeness (QED) is 0.504. The average molecular weight is 449 g/mol. The fraction of sp³-hybridized carbons (Fsp3) is 0.591. The van der Waals surface area contributed by atoms with E-state index in [-0.39, 0.29) is 23.7 Å². The molecule has 2 aliphatic heterocycles. The molecule has 1 unspecified atom stereocenters. The number of ketones is 1. The van der Waals surface area contributed by atoms with Crippen LogP contribution in [0.4, 0.5) is 0 Å². The zero-order valence-corrected chi connectivity index (χ0v) is 19.0. The summed E-state index contributed by atoms with van der Waals surface area (Å²) in [4.78, 5) is 29.1. The SMILES string of the molecule is COC(OC)[C@@H]1CSCN1C(=O)[C@H]1NCC(=S)C1C(=O)CC1Cc2ccccc2C1. The molecular weight excluding hydrogens is 420 g/mol. The van der Waals surface area contributed by atoms with Crippen molar-refractivity contribution in [2.24, 2.45) is 11.8 Å². The second kappa shape index (κ2) is 9.44. The highest BCUT2D eigenvalue weighted by Crippen LogP contribution is 2.32. The molecule has 0 radical (unpaired) electrons. The average Bonchev–Trinajstić information content (AvgIpc) is 3.46. The number of Topliss-reactive ketones (excluding diaryl/α,β-unsaturated/α-hetero) is 1. The first kappa shape index (κ1) is 21.9. The van der Waals surface area contributed by atoms with Crippen molar-refractivity contribution >= 4 is 40.5 Å². The van der Waals surface area contributed by atoms with Gasteiger partial charge in [-0.2, -0.15) is 0 Å². The maximum atomic E-state index is 13.4. The van der Waals surface area contributed by atoms with E-state index >= 15 is 0 Å². The number of methoxy groups -OCH3 is 2. The van der Waals surface area contributed by atoms with Crippen LogP contribution in [0.25, 0.3) is 0 Å². The van der Waals surface area contributed by atoms with E-state index < -0.39 is 18.2 Å². The number of benzene rings is 1. The smallest absolute Gasteiger partial charge is 0.241 e. The zero-order valence-electron chi connectivity index (χ0n) is 17.3. The van der Waals surface area contributed by atoms with Gasteiger partial charge in [-0.15, -0.1) is 11.8 Å². The Morgan fingerprint density at radius 1 is 1.23 bits per heavy atom. The highest BCUT2D eigenvalue weighted by molar-refractivity contribution is 7.99. The molecule has 3 aliphatic rings. The molecule has 0 aromatic heterocycles. The van der Waals surface area contributed by atoms with Crippen LogP contribution in [0.15, 0.2) is 24.3 Å².